The topological polar surface area (TPSA) is 100 Å². The fourth-order valence-electron chi connectivity index (χ4n) is 2.06. The Balaban J connectivity index is 1.82. The standard InChI is InChI=1S/C18H17BrClN3O4/c1-27-15-9-11(8-12(19)18(15)26)10-21-23-17(25)7-6-16(24)22-14-5-3-2-4-13(14)20/h2-5,8-10,26H,6-7H2,1H3,(H,22,24)(H,23,25)/b21-10+. The van der Waals surface area contributed by atoms with Crippen LogP contribution < -0.4 is 15.5 Å². The molecule has 0 heterocycles. The van der Waals surface area contributed by atoms with E-state index < -0.39 is 5.91 Å². The quantitative estimate of drug-likeness (QED) is 0.439. The van der Waals surface area contributed by atoms with Gasteiger partial charge in [-0.3, -0.25) is 9.59 Å². The molecule has 9 heteroatoms. The van der Waals surface area contributed by atoms with Gasteiger partial charge in [-0.15, -0.1) is 0 Å². The van der Waals surface area contributed by atoms with E-state index >= 15 is 0 Å². The number of carbonyl (C=O) groups is 2. The lowest BCUT2D eigenvalue weighted by molar-refractivity contribution is -0.124. The molecule has 27 heavy (non-hydrogen) atoms. The number of nitrogens with zero attached hydrogens (tertiary/aromatic N) is 1. The number of nitrogens with one attached hydrogen (secondary N) is 2. The maximum Gasteiger partial charge on any atom is 0.240 e. The van der Waals surface area contributed by atoms with Gasteiger partial charge in [-0.1, -0.05) is 23.7 Å². The van der Waals surface area contributed by atoms with Crippen molar-refractivity contribution in [1.29, 1.82) is 0 Å². The molecule has 0 spiro atoms. The van der Waals surface area contributed by atoms with Crippen LogP contribution in [0.3, 0.4) is 0 Å². The number of methoxy groups -OCH3 is 1. The molecule has 3 N–H and O–H groups in total. The maximum atomic E-state index is 11.9. The minimum Gasteiger partial charge on any atom is -0.503 e. The molecule has 0 saturated carbocycles. The van der Waals surface area contributed by atoms with Crippen LogP contribution in [0.1, 0.15) is 18.4 Å². The van der Waals surface area contributed by atoms with Crippen LogP contribution in [0.4, 0.5) is 5.69 Å². The number of aromatic hydroxyl groups is 1. The highest BCUT2D eigenvalue weighted by molar-refractivity contribution is 9.10. The van der Waals surface area contributed by atoms with Gasteiger partial charge in [-0.2, -0.15) is 5.10 Å². The molecule has 0 aliphatic rings. The third-order valence-corrected chi connectivity index (χ3v) is 4.33. The second-order valence-corrected chi connectivity index (χ2v) is 6.64. The molecule has 2 aromatic rings. The molecule has 0 saturated heterocycles. The van der Waals surface area contributed by atoms with Crippen molar-refractivity contribution in [3.8, 4) is 11.5 Å². The van der Waals surface area contributed by atoms with Gasteiger partial charge in [-0.05, 0) is 45.8 Å². The summed E-state index contributed by atoms with van der Waals surface area (Å²) in [6.45, 7) is 0. The van der Waals surface area contributed by atoms with Gasteiger partial charge in [0.05, 0.1) is 28.5 Å². The van der Waals surface area contributed by atoms with Crippen LogP contribution in [0.5, 0.6) is 11.5 Å². The summed E-state index contributed by atoms with van der Waals surface area (Å²) in [5, 5.41) is 16.6. The first-order valence-electron chi connectivity index (χ1n) is 7.83. The molecule has 2 rings (SSSR count). The van der Waals surface area contributed by atoms with Crippen molar-refractivity contribution in [2.45, 2.75) is 12.8 Å². The molecule has 142 valence electrons. The second-order valence-electron chi connectivity index (χ2n) is 5.37. The number of rotatable bonds is 7. The van der Waals surface area contributed by atoms with Gasteiger partial charge < -0.3 is 15.2 Å². The van der Waals surface area contributed by atoms with Crippen LogP contribution in [0.2, 0.25) is 5.02 Å². The van der Waals surface area contributed by atoms with Gasteiger partial charge in [0.1, 0.15) is 0 Å². The van der Waals surface area contributed by atoms with E-state index in [1.165, 1.54) is 13.3 Å². The summed E-state index contributed by atoms with van der Waals surface area (Å²) < 4.78 is 5.47. The largest absolute Gasteiger partial charge is 0.503 e. The number of carbonyl (C=O) groups excluding carboxylic acids is 2. The van der Waals surface area contributed by atoms with E-state index in [1.54, 1.807) is 36.4 Å². The highest BCUT2D eigenvalue weighted by atomic mass is 79.9. The summed E-state index contributed by atoms with van der Waals surface area (Å²) in [6.07, 6.45) is 1.36. The number of para-hydroxylation sites is 1. The van der Waals surface area contributed by atoms with E-state index in [1.807, 2.05) is 0 Å². The van der Waals surface area contributed by atoms with E-state index in [9.17, 15) is 14.7 Å². The average molecular weight is 455 g/mol. The molecular weight excluding hydrogens is 438 g/mol. The number of anilines is 1. The summed E-state index contributed by atoms with van der Waals surface area (Å²) >= 11 is 9.16. The predicted molar refractivity (Wildman–Crippen MR) is 107 cm³/mol. The van der Waals surface area contributed by atoms with Crippen LogP contribution in [0.25, 0.3) is 0 Å². The summed E-state index contributed by atoms with van der Waals surface area (Å²) in [7, 11) is 1.43. The van der Waals surface area contributed by atoms with Crippen molar-refractivity contribution in [3.05, 3.63) is 51.5 Å². The zero-order chi connectivity index (χ0) is 19.8. The molecule has 2 aromatic carbocycles. The van der Waals surface area contributed by atoms with E-state index in [0.717, 1.165) is 0 Å². The first-order valence-corrected chi connectivity index (χ1v) is 9.00. The van der Waals surface area contributed by atoms with Crippen molar-refractivity contribution >= 4 is 51.2 Å². The van der Waals surface area contributed by atoms with E-state index in [2.05, 4.69) is 31.8 Å². The zero-order valence-corrected chi connectivity index (χ0v) is 16.7. The SMILES string of the molecule is COc1cc(/C=N/NC(=O)CCC(=O)Nc2ccccc2Cl)cc(Br)c1O. The monoisotopic (exact) mass is 453 g/mol. The summed E-state index contributed by atoms with van der Waals surface area (Å²) in [5.74, 6) is -0.489. The third-order valence-electron chi connectivity index (χ3n) is 3.40. The first-order chi connectivity index (χ1) is 12.9. The molecule has 0 unspecified atom stereocenters. The number of ether oxygens (including phenoxy) is 1. The van der Waals surface area contributed by atoms with E-state index in [4.69, 9.17) is 16.3 Å². The Bertz CT molecular complexity index is 874. The Labute approximate surface area is 169 Å². The fraction of sp³-hybridized carbons (Fsp3) is 0.167. The van der Waals surface area contributed by atoms with E-state index in [0.29, 0.717) is 20.7 Å². The molecular formula is C18H17BrClN3O4. The molecule has 2 amide bonds. The van der Waals surface area contributed by atoms with Gasteiger partial charge in [0.15, 0.2) is 11.5 Å². The van der Waals surface area contributed by atoms with Crippen molar-refractivity contribution < 1.29 is 19.4 Å². The Hall–Kier alpha value is -2.58. The number of amides is 2. The minimum absolute atomic E-state index is 0.00877. The van der Waals surface area contributed by atoms with Crippen molar-refractivity contribution in [1.82, 2.24) is 5.43 Å². The normalized spacial score (nSPS) is 10.6. The lowest BCUT2D eigenvalue weighted by Crippen LogP contribution is -2.20. The maximum absolute atomic E-state index is 11.9. The summed E-state index contributed by atoms with van der Waals surface area (Å²) in [6, 6.07) is 10.0. The molecule has 0 bridgehead atoms. The van der Waals surface area contributed by atoms with Gasteiger partial charge in [0, 0.05) is 12.8 Å². The lowest BCUT2D eigenvalue weighted by Gasteiger charge is -2.07. The average Bonchev–Trinajstić information content (AvgIpc) is 2.64. The molecule has 0 fully saturated rings. The summed E-state index contributed by atoms with van der Waals surface area (Å²) in [4.78, 5) is 23.7. The Morgan fingerprint density at radius 3 is 2.67 bits per heavy atom. The third kappa shape index (κ3) is 6.26. The Morgan fingerprint density at radius 2 is 1.96 bits per heavy atom. The minimum atomic E-state index is -0.412. The number of benzene rings is 2. The Morgan fingerprint density at radius 1 is 1.26 bits per heavy atom. The molecule has 0 atom stereocenters. The highest BCUT2D eigenvalue weighted by Gasteiger charge is 2.09. The molecule has 0 aliphatic carbocycles. The van der Waals surface area contributed by atoms with Crippen molar-refractivity contribution in [3.63, 3.8) is 0 Å². The van der Waals surface area contributed by atoms with Gasteiger partial charge in [-0.25, -0.2) is 5.43 Å². The van der Waals surface area contributed by atoms with Gasteiger partial charge in [0.2, 0.25) is 11.8 Å². The second kappa shape index (κ2) is 9.94. The molecule has 0 aliphatic heterocycles. The summed E-state index contributed by atoms with van der Waals surface area (Å²) in [5.41, 5.74) is 3.44. The van der Waals surface area contributed by atoms with Crippen LogP contribution >= 0.6 is 27.5 Å². The number of halogens is 2. The molecule has 7 nitrogen and oxygen atoms in total. The highest BCUT2D eigenvalue weighted by Crippen LogP contribution is 2.34. The fourth-order valence-corrected chi connectivity index (χ4v) is 2.70. The van der Waals surface area contributed by atoms with Crippen LogP contribution in [-0.4, -0.2) is 30.2 Å². The van der Waals surface area contributed by atoms with Gasteiger partial charge >= 0.3 is 0 Å². The Kier molecular flexibility index (Phi) is 7.63. The van der Waals surface area contributed by atoms with E-state index in [-0.39, 0.29) is 30.2 Å². The number of hydrogen-bond donors (Lipinski definition) is 3. The lowest BCUT2D eigenvalue weighted by atomic mass is 10.2. The first kappa shape index (κ1) is 20.7. The predicted octanol–water partition coefficient (Wildman–Crippen LogP) is 3.69. The van der Waals surface area contributed by atoms with Crippen LogP contribution in [0.15, 0.2) is 46.0 Å². The number of phenolic OH excluding ortho intramolecular Hbond substituents is 1. The molecule has 0 aromatic heterocycles. The number of hydrogen-bond acceptors (Lipinski definition) is 5. The number of hydrazone groups is 1. The van der Waals surface area contributed by atoms with Crippen molar-refractivity contribution in [2.24, 2.45) is 5.10 Å². The number of phenols is 1. The van der Waals surface area contributed by atoms with Crippen molar-refractivity contribution in [2.75, 3.05) is 12.4 Å². The van der Waals surface area contributed by atoms with Crippen LogP contribution in [-0.2, 0) is 9.59 Å². The van der Waals surface area contributed by atoms with Crippen LogP contribution in [0, 0.1) is 0 Å². The molecule has 0 radical (unpaired) electrons. The van der Waals surface area contributed by atoms with Gasteiger partial charge in [0.25, 0.3) is 0 Å². The smallest absolute Gasteiger partial charge is 0.240 e. The zero-order valence-electron chi connectivity index (χ0n) is 14.3.